The molecular formula is C19H27N3O3. The molecule has 0 aliphatic carbocycles. The van der Waals surface area contributed by atoms with Crippen molar-refractivity contribution in [1.82, 2.24) is 14.9 Å². The third-order valence-corrected chi connectivity index (χ3v) is 3.79. The van der Waals surface area contributed by atoms with Gasteiger partial charge in [0.2, 0.25) is 5.91 Å². The summed E-state index contributed by atoms with van der Waals surface area (Å²) in [6.45, 7) is 8.15. The van der Waals surface area contributed by atoms with Gasteiger partial charge >= 0.3 is 5.97 Å². The highest BCUT2D eigenvalue weighted by molar-refractivity contribution is 5.79. The van der Waals surface area contributed by atoms with E-state index in [0.29, 0.717) is 13.0 Å². The van der Waals surface area contributed by atoms with E-state index in [4.69, 9.17) is 4.74 Å². The van der Waals surface area contributed by atoms with Crippen molar-refractivity contribution in [3.63, 3.8) is 0 Å². The van der Waals surface area contributed by atoms with Gasteiger partial charge in [0.1, 0.15) is 12.4 Å². The van der Waals surface area contributed by atoms with Crippen LogP contribution in [0.3, 0.4) is 0 Å². The summed E-state index contributed by atoms with van der Waals surface area (Å²) in [4.78, 5) is 28.3. The number of esters is 1. The normalized spacial score (nSPS) is 11.3. The van der Waals surface area contributed by atoms with Crippen LogP contribution in [0.5, 0.6) is 0 Å². The zero-order valence-corrected chi connectivity index (χ0v) is 15.4. The molecule has 0 saturated carbocycles. The SMILES string of the molecule is CC(C)OC(=O)Cn1c(CCCNC(=O)C(C)C)nc2ccccc21. The molecular weight excluding hydrogens is 318 g/mol. The Bertz CT molecular complexity index is 735. The lowest BCUT2D eigenvalue weighted by molar-refractivity contribution is -0.148. The molecule has 2 rings (SSSR count). The minimum Gasteiger partial charge on any atom is -0.462 e. The van der Waals surface area contributed by atoms with Crippen molar-refractivity contribution in [3.8, 4) is 0 Å². The molecule has 1 aromatic heterocycles. The number of nitrogens with zero attached hydrogens (tertiary/aromatic N) is 2. The lowest BCUT2D eigenvalue weighted by Gasteiger charge is -2.12. The molecule has 6 nitrogen and oxygen atoms in total. The van der Waals surface area contributed by atoms with Crippen LogP contribution in [0.1, 0.15) is 39.9 Å². The maximum Gasteiger partial charge on any atom is 0.326 e. The quantitative estimate of drug-likeness (QED) is 0.590. The number of hydrogen-bond donors (Lipinski definition) is 1. The van der Waals surface area contributed by atoms with E-state index in [0.717, 1.165) is 23.3 Å². The van der Waals surface area contributed by atoms with Gasteiger partial charge in [-0.2, -0.15) is 0 Å². The Morgan fingerprint density at radius 3 is 2.60 bits per heavy atom. The Kier molecular flexibility index (Phi) is 6.56. The van der Waals surface area contributed by atoms with Crippen LogP contribution in [0, 0.1) is 5.92 Å². The summed E-state index contributed by atoms with van der Waals surface area (Å²) in [5.41, 5.74) is 1.78. The van der Waals surface area contributed by atoms with Gasteiger partial charge in [-0.15, -0.1) is 0 Å². The van der Waals surface area contributed by atoms with E-state index in [-0.39, 0.29) is 30.4 Å². The van der Waals surface area contributed by atoms with E-state index in [1.54, 1.807) is 0 Å². The van der Waals surface area contributed by atoms with Crippen LogP contribution in [0.2, 0.25) is 0 Å². The van der Waals surface area contributed by atoms with E-state index < -0.39 is 0 Å². The standard InChI is InChI=1S/C19H27N3O3/c1-13(2)19(24)20-11-7-10-17-21-15-8-5-6-9-16(15)22(17)12-18(23)25-14(3)4/h5-6,8-9,13-14H,7,10-12H2,1-4H3,(H,20,24). The first kappa shape index (κ1) is 19.0. The van der Waals surface area contributed by atoms with Crippen LogP contribution >= 0.6 is 0 Å². The average molecular weight is 345 g/mol. The van der Waals surface area contributed by atoms with E-state index >= 15 is 0 Å². The molecule has 1 amide bonds. The molecule has 0 radical (unpaired) electrons. The van der Waals surface area contributed by atoms with E-state index in [1.165, 1.54) is 0 Å². The molecule has 1 N–H and O–H groups in total. The van der Waals surface area contributed by atoms with Gasteiger partial charge < -0.3 is 14.6 Å². The Labute approximate surface area is 148 Å². The maximum absolute atomic E-state index is 12.1. The van der Waals surface area contributed by atoms with Gasteiger partial charge in [0.05, 0.1) is 17.1 Å². The van der Waals surface area contributed by atoms with Crippen molar-refractivity contribution in [1.29, 1.82) is 0 Å². The minimum absolute atomic E-state index is 0.0182. The predicted molar refractivity (Wildman–Crippen MR) is 97.1 cm³/mol. The highest BCUT2D eigenvalue weighted by atomic mass is 16.5. The number of aromatic nitrogens is 2. The van der Waals surface area contributed by atoms with E-state index in [2.05, 4.69) is 10.3 Å². The minimum atomic E-state index is -0.271. The number of amides is 1. The summed E-state index contributed by atoms with van der Waals surface area (Å²) in [7, 11) is 0. The third kappa shape index (κ3) is 5.31. The Hall–Kier alpha value is -2.37. The first-order chi connectivity index (χ1) is 11.9. The maximum atomic E-state index is 12.1. The fourth-order valence-corrected chi connectivity index (χ4v) is 2.58. The monoisotopic (exact) mass is 345 g/mol. The first-order valence-corrected chi connectivity index (χ1v) is 8.79. The molecule has 1 aromatic carbocycles. The van der Waals surface area contributed by atoms with Crippen LogP contribution in [-0.4, -0.2) is 34.1 Å². The molecule has 0 bridgehead atoms. The zero-order valence-electron chi connectivity index (χ0n) is 15.4. The summed E-state index contributed by atoms with van der Waals surface area (Å²) in [6.07, 6.45) is 1.31. The summed E-state index contributed by atoms with van der Waals surface area (Å²) >= 11 is 0. The Morgan fingerprint density at radius 2 is 1.92 bits per heavy atom. The zero-order chi connectivity index (χ0) is 18.4. The largest absolute Gasteiger partial charge is 0.462 e. The third-order valence-electron chi connectivity index (χ3n) is 3.79. The average Bonchev–Trinajstić information content (AvgIpc) is 2.88. The molecule has 0 unspecified atom stereocenters. The van der Waals surface area contributed by atoms with Crippen molar-refractivity contribution >= 4 is 22.9 Å². The van der Waals surface area contributed by atoms with E-state index in [9.17, 15) is 9.59 Å². The van der Waals surface area contributed by atoms with Gasteiger partial charge in [-0.3, -0.25) is 9.59 Å². The number of imidazole rings is 1. The van der Waals surface area contributed by atoms with Crippen LogP contribution in [0.25, 0.3) is 11.0 Å². The lowest BCUT2D eigenvalue weighted by atomic mass is 10.2. The summed E-state index contributed by atoms with van der Waals surface area (Å²) < 4.78 is 7.17. The van der Waals surface area contributed by atoms with Crippen molar-refractivity contribution in [2.24, 2.45) is 5.92 Å². The van der Waals surface area contributed by atoms with Gasteiger partial charge in [0, 0.05) is 18.9 Å². The van der Waals surface area contributed by atoms with Crippen LogP contribution in [0.15, 0.2) is 24.3 Å². The number of carbonyl (C=O) groups excluding carboxylic acids is 2. The predicted octanol–water partition coefficient (Wildman–Crippen LogP) is 2.69. The van der Waals surface area contributed by atoms with Crippen LogP contribution in [0.4, 0.5) is 0 Å². The number of rotatable bonds is 8. The van der Waals surface area contributed by atoms with Crippen molar-refractivity contribution in [3.05, 3.63) is 30.1 Å². The molecule has 0 aliphatic heterocycles. The molecule has 0 atom stereocenters. The van der Waals surface area contributed by atoms with Crippen LogP contribution in [-0.2, 0) is 27.3 Å². The highest BCUT2D eigenvalue weighted by Gasteiger charge is 2.15. The second-order valence-electron chi connectivity index (χ2n) is 6.69. The molecule has 6 heteroatoms. The topological polar surface area (TPSA) is 73.2 Å². The lowest BCUT2D eigenvalue weighted by Crippen LogP contribution is -2.29. The summed E-state index contributed by atoms with van der Waals surface area (Å²) in [6, 6.07) is 7.75. The molecule has 0 spiro atoms. The molecule has 0 fully saturated rings. The van der Waals surface area contributed by atoms with Crippen molar-refractivity contribution in [2.75, 3.05) is 6.54 Å². The smallest absolute Gasteiger partial charge is 0.326 e. The number of fused-ring (bicyclic) bond motifs is 1. The first-order valence-electron chi connectivity index (χ1n) is 8.79. The molecule has 1 heterocycles. The van der Waals surface area contributed by atoms with Gasteiger partial charge in [0.15, 0.2) is 0 Å². The molecule has 25 heavy (non-hydrogen) atoms. The van der Waals surface area contributed by atoms with Gasteiger partial charge in [-0.25, -0.2) is 4.98 Å². The number of benzene rings is 1. The highest BCUT2D eigenvalue weighted by Crippen LogP contribution is 2.17. The number of hydrogen-bond acceptors (Lipinski definition) is 4. The number of aryl methyl sites for hydroxylation is 1. The van der Waals surface area contributed by atoms with Crippen molar-refractivity contribution < 1.29 is 14.3 Å². The molecule has 136 valence electrons. The van der Waals surface area contributed by atoms with Gasteiger partial charge in [-0.05, 0) is 32.4 Å². The number of ether oxygens (including phenoxy) is 1. The number of carbonyl (C=O) groups is 2. The van der Waals surface area contributed by atoms with Crippen molar-refractivity contribution in [2.45, 2.75) is 53.2 Å². The van der Waals surface area contributed by atoms with Gasteiger partial charge in [-0.1, -0.05) is 26.0 Å². The number of nitrogens with one attached hydrogen (secondary N) is 1. The Balaban J connectivity index is 2.08. The van der Waals surface area contributed by atoms with Gasteiger partial charge in [0.25, 0.3) is 0 Å². The Morgan fingerprint density at radius 1 is 1.20 bits per heavy atom. The molecule has 2 aromatic rings. The second-order valence-corrected chi connectivity index (χ2v) is 6.69. The summed E-state index contributed by atoms with van der Waals surface area (Å²) in [5, 5.41) is 2.90. The fraction of sp³-hybridized carbons (Fsp3) is 0.526. The summed E-state index contributed by atoms with van der Waals surface area (Å²) in [5.74, 6) is 0.595. The van der Waals surface area contributed by atoms with Crippen LogP contribution < -0.4 is 5.32 Å². The molecule has 0 saturated heterocycles. The second kappa shape index (κ2) is 8.65. The number of para-hydroxylation sites is 2. The molecule has 0 aliphatic rings. The fourth-order valence-electron chi connectivity index (χ4n) is 2.58. The van der Waals surface area contributed by atoms with E-state index in [1.807, 2.05) is 56.5 Å².